The molecule has 0 radical (unpaired) electrons. The minimum atomic E-state index is 0.201. The first-order chi connectivity index (χ1) is 8.27. The second-order valence-corrected chi connectivity index (χ2v) is 4.05. The maximum absolute atomic E-state index is 9.72. The first-order valence-electron chi connectivity index (χ1n) is 5.48. The molecule has 2 heterocycles. The fourth-order valence-electron chi connectivity index (χ4n) is 2.06. The normalized spacial score (nSPS) is 10.9. The van der Waals surface area contributed by atoms with Crippen molar-refractivity contribution < 1.29 is 5.11 Å². The number of pyridine rings is 1. The van der Waals surface area contributed by atoms with Gasteiger partial charge in [-0.15, -0.1) is 0 Å². The summed E-state index contributed by atoms with van der Waals surface area (Å²) in [6.07, 6.45) is 3.70. The van der Waals surface area contributed by atoms with Crippen molar-refractivity contribution in [2.45, 2.75) is 6.92 Å². The number of hydrogen-bond acceptors (Lipinski definition) is 2. The third kappa shape index (κ3) is 1.47. The van der Waals surface area contributed by atoms with E-state index in [0.717, 1.165) is 11.3 Å². The van der Waals surface area contributed by atoms with Crippen LogP contribution in [0.1, 0.15) is 5.56 Å². The van der Waals surface area contributed by atoms with Gasteiger partial charge >= 0.3 is 0 Å². The Labute approximate surface area is 99.0 Å². The molecule has 3 rings (SSSR count). The first-order valence-corrected chi connectivity index (χ1v) is 5.48. The zero-order valence-corrected chi connectivity index (χ0v) is 9.46. The lowest BCUT2D eigenvalue weighted by molar-refractivity contribution is 0.477. The lowest BCUT2D eigenvalue weighted by Gasteiger charge is -2.05. The van der Waals surface area contributed by atoms with Crippen molar-refractivity contribution in [2.75, 3.05) is 0 Å². The molecular weight excluding hydrogens is 212 g/mol. The molecule has 3 nitrogen and oxygen atoms in total. The van der Waals surface area contributed by atoms with Crippen molar-refractivity contribution in [3.05, 3.63) is 54.4 Å². The van der Waals surface area contributed by atoms with E-state index in [9.17, 15) is 5.11 Å². The summed E-state index contributed by atoms with van der Waals surface area (Å²) < 4.78 is 1.90. The topological polar surface area (TPSA) is 37.5 Å². The summed E-state index contributed by atoms with van der Waals surface area (Å²) >= 11 is 0. The Morgan fingerprint density at radius 1 is 1.12 bits per heavy atom. The van der Waals surface area contributed by atoms with Crippen LogP contribution in [0.2, 0.25) is 0 Å². The van der Waals surface area contributed by atoms with Gasteiger partial charge < -0.3 is 5.11 Å². The standard InChI is InChI=1S/C14H12N2O/c1-10-5-2-3-6-11(10)12-9-15-14-13(17)7-4-8-16(12)14/h2-9,17H,1H3. The van der Waals surface area contributed by atoms with Crippen molar-refractivity contribution in [3.63, 3.8) is 0 Å². The van der Waals surface area contributed by atoms with E-state index in [1.165, 1.54) is 5.56 Å². The van der Waals surface area contributed by atoms with Crippen LogP contribution in [-0.2, 0) is 0 Å². The third-order valence-corrected chi connectivity index (χ3v) is 2.94. The summed E-state index contributed by atoms with van der Waals surface area (Å²) in [5, 5.41) is 9.72. The van der Waals surface area contributed by atoms with Crippen molar-refractivity contribution in [1.29, 1.82) is 0 Å². The number of fused-ring (bicyclic) bond motifs is 1. The van der Waals surface area contributed by atoms with Gasteiger partial charge in [0.2, 0.25) is 0 Å². The maximum atomic E-state index is 9.72. The van der Waals surface area contributed by atoms with Gasteiger partial charge in [0, 0.05) is 11.8 Å². The zero-order valence-electron chi connectivity index (χ0n) is 9.46. The molecule has 17 heavy (non-hydrogen) atoms. The highest BCUT2D eigenvalue weighted by Crippen LogP contribution is 2.26. The molecule has 0 unspecified atom stereocenters. The van der Waals surface area contributed by atoms with Crippen LogP contribution in [0.3, 0.4) is 0 Å². The molecule has 0 saturated heterocycles. The Morgan fingerprint density at radius 2 is 1.94 bits per heavy atom. The van der Waals surface area contributed by atoms with E-state index in [1.54, 1.807) is 12.3 Å². The molecule has 3 aromatic rings. The van der Waals surface area contributed by atoms with Gasteiger partial charge in [0.15, 0.2) is 11.4 Å². The van der Waals surface area contributed by atoms with Crippen molar-refractivity contribution in [1.82, 2.24) is 9.38 Å². The largest absolute Gasteiger partial charge is 0.504 e. The number of aryl methyl sites for hydroxylation is 1. The monoisotopic (exact) mass is 224 g/mol. The highest BCUT2D eigenvalue weighted by molar-refractivity contribution is 5.69. The third-order valence-electron chi connectivity index (χ3n) is 2.94. The summed E-state index contributed by atoms with van der Waals surface area (Å²) in [6.45, 7) is 2.07. The Bertz CT molecular complexity index is 686. The van der Waals surface area contributed by atoms with Gasteiger partial charge in [0.05, 0.1) is 11.9 Å². The number of aromatic hydroxyl groups is 1. The molecule has 1 N–H and O–H groups in total. The van der Waals surface area contributed by atoms with Gasteiger partial charge in [0.1, 0.15) is 0 Å². The number of benzene rings is 1. The lowest BCUT2D eigenvalue weighted by atomic mass is 10.1. The number of aromatic nitrogens is 2. The van der Waals surface area contributed by atoms with Crippen LogP contribution in [0.5, 0.6) is 5.75 Å². The van der Waals surface area contributed by atoms with E-state index < -0.39 is 0 Å². The van der Waals surface area contributed by atoms with Crippen LogP contribution in [0.4, 0.5) is 0 Å². The summed E-state index contributed by atoms with van der Waals surface area (Å²) in [5.41, 5.74) is 3.91. The van der Waals surface area contributed by atoms with Crippen LogP contribution >= 0.6 is 0 Å². The molecule has 0 aliphatic heterocycles. The molecule has 3 heteroatoms. The molecule has 0 aliphatic rings. The Hall–Kier alpha value is -2.29. The molecular formula is C14H12N2O. The molecule has 0 spiro atoms. The minimum absolute atomic E-state index is 0.201. The lowest BCUT2D eigenvalue weighted by Crippen LogP contribution is -1.89. The van der Waals surface area contributed by atoms with Crippen LogP contribution in [0.25, 0.3) is 16.9 Å². The first kappa shape index (κ1) is 9.90. The SMILES string of the molecule is Cc1ccccc1-c1cnc2c(O)cccn12. The predicted molar refractivity (Wildman–Crippen MR) is 67.0 cm³/mol. The minimum Gasteiger partial charge on any atom is -0.504 e. The van der Waals surface area contributed by atoms with Gasteiger partial charge in [-0.1, -0.05) is 24.3 Å². The smallest absolute Gasteiger partial charge is 0.179 e. The maximum Gasteiger partial charge on any atom is 0.179 e. The fourth-order valence-corrected chi connectivity index (χ4v) is 2.06. The Morgan fingerprint density at radius 3 is 2.76 bits per heavy atom. The average Bonchev–Trinajstić information content (AvgIpc) is 2.75. The van der Waals surface area contributed by atoms with Gasteiger partial charge in [-0.3, -0.25) is 4.40 Å². The molecule has 0 aliphatic carbocycles. The number of imidazole rings is 1. The van der Waals surface area contributed by atoms with Gasteiger partial charge in [0.25, 0.3) is 0 Å². The van der Waals surface area contributed by atoms with Crippen LogP contribution in [0.15, 0.2) is 48.8 Å². The van der Waals surface area contributed by atoms with E-state index in [4.69, 9.17) is 0 Å². The van der Waals surface area contributed by atoms with Crippen molar-refractivity contribution in [3.8, 4) is 17.0 Å². The quantitative estimate of drug-likeness (QED) is 0.690. The van der Waals surface area contributed by atoms with Crippen LogP contribution in [-0.4, -0.2) is 14.5 Å². The highest BCUT2D eigenvalue weighted by atomic mass is 16.3. The van der Waals surface area contributed by atoms with Gasteiger partial charge in [-0.05, 0) is 24.6 Å². The molecule has 0 bridgehead atoms. The van der Waals surface area contributed by atoms with E-state index in [2.05, 4.69) is 24.0 Å². The predicted octanol–water partition coefficient (Wildman–Crippen LogP) is 3.02. The van der Waals surface area contributed by atoms with Gasteiger partial charge in [-0.25, -0.2) is 4.98 Å². The highest BCUT2D eigenvalue weighted by Gasteiger charge is 2.09. The number of rotatable bonds is 1. The number of hydrogen-bond donors (Lipinski definition) is 1. The molecule has 0 fully saturated rings. The van der Waals surface area contributed by atoms with E-state index in [-0.39, 0.29) is 5.75 Å². The molecule has 0 atom stereocenters. The van der Waals surface area contributed by atoms with E-state index >= 15 is 0 Å². The molecule has 2 aromatic heterocycles. The van der Waals surface area contributed by atoms with Crippen LogP contribution < -0.4 is 0 Å². The Kier molecular flexibility index (Phi) is 2.11. The van der Waals surface area contributed by atoms with E-state index in [1.807, 2.05) is 28.8 Å². The average molecular weight is 224 g/mol. The summed E-state index contributed by atoms with van der Waals surface area (Å²) in [6, 6.07) is 11.6. The summed E-state index contributed by atoms with van der Waals surface area (Å²) in [5.74, 6) is 0.201. The molecule has 84 valence electrons. The van der Waals surface area contributed by atoms with Crippen molar-refractivity contribution in [2.24, 2.45) is 0 Å². The summed E-state index contributed by atoms with van der Waals surface area (Å²) in [7, 11) is 0. The van der Waals surface area contributed by atoms with Crippen molar-refractivity contribution >= 4 is 5.65 Å². The Balaban J connectivity index is 2.33. The fraction of sp³-hybridized carbons (Fsp3) is 0.0714. The molecule has 0 amide bonds. The second kappa shape index (κ2) is 3.63. The molecule has 0 saturated carbocycles. The van der Waals surface area contributed by atoms with Crippen LogP contribution in [0, 0.1) is 6.92 Å². The summed E-state index contributed by atoms with van der Waals surface area (Å²) in [4.78, 5) is 4.25. The molecule has 1 aromatic carbocycles. The second-order valence-electron chi connectivity index (χ2n) is 4.05. The van der Waals surface area contributed by atoms with Gasteiger partial charge in [-0.2, -0.15) is 0 Å². The number of nitrogens with zero attached hydrogens (tertiary/aromatic N) is 2. The van der Waals surface area contributed by atoms with E-state index in [0.29, 0.717) is 5.65 Å². The zero-order chi connectivity index (χ0) is 11.8.